The van der Waals surface area contributed by atoms with Gasteiger partial charge >= 0.3 is 0 Å². The summed E-state index contributed by atoms with van der Waals surface area (Å²) in [5.74, 6) is 1.92. The first-order valence-corrected chi connectivity index (χ1v) is 19.7. The third-order valence-corrected chi connectivity index (χ3v) is 12.3. The number of benzene rings is 7. The van der Waals surface area contributed by atoms with E-state index < -0.39 is 0 Å². The summed E-state index contributed by atoms with van der Waals surface area (Å²) in [6, 6.07) is 55.9. The highest BCUT2D eigenvalue weighted by Gasteiger charge is 2.43. The molecule has 0 spiro atoms. The van der Waals surface area contributed by atoms with Crippen molar-refractivity contribution >= 4 is 33.8 Å². The molecule has 0 saturated heterocycles. The number of para-hydroxylation sites is 2. The molecular weight excluding hydrogens is 695 g/mol. The molecule has 0 radical (unpaired) electrons. The molecule has 0 saturated carbocycles. The molecule has 2 aliphatic carbocycles. The molecule has 8 aromatic rings. The van der Waals surface area contributed by atoms with Crippen LogP contribution in [0.5, 0.6) is 0 Å². The van der Waals surface area contributed by atoms with Gasteiger partial charge in [-0.05, 0) is 104 Å². The third kappa shape index (κ3) is 5.33. The number of fused-ring (bicyclic) bond motifs is 8. The van der Waals surface area contributed by atoms with E-state index in [1.807, 2.05) is 25.2 Å². The van der Waals surface area contributed by atoms with Gasteiger partial charge in [-0.3, -0.25) is 10.3 Å². The van der Waals surface area contributed by atoms with Crippen molar-refractivity contribution in [3.63, 3.8) is 0 Å². The number of nitrogens with one attached hydrogen (secondary N) is 2. The van der Waals surface area contributed by atoms with Gasteiger partial charge < -0.3 is 5.32 Å². The van der Waals surface area contributed by atoms with Crippen LogP contribution in [-0.4, -0.2) is 22.9 Å². The summed E-state index contributed by atoms with van der Waals surface area (Å²) in [6.45, 7) is 9.37. The van der Waals surface area contributed by atoms with Crippen molar-refractivity contribution in [2.45, 2.75) is 38.5 Å². The van der Waals surface area contributed by atoms with Gasteiger partial charge in [0.1, 0.15) is 11.7 Å². The summed E-state index contributed by atoms with van der Waals surface area (Å²) in [6.07, 6.45) is 0. The van der Waals surface area contributed by atoms with E-state index in [-0.39, 0.29) is 10.8 Å². The van der Waals surface area contributed by atoms with Gasteiger partial charge in [0, 0.05) is 52.0 Å². The van der Waals surface area contributed by atoms with E-state index in [4.69, 9.17) is 15.4 Å². The van der Waals surface area contributed by atoms with Crippen LogP contribution in [-0.2, 0) is 10.8 Å². The molecule has 0 fully saturated rings. The van der Waals surface area contributed by atoms with E-state index in [1.54, 1.807) is 0 Å². The van der Waals surface area contributed by atoms with Crippen molar-refractivity contribution in [2.75, 3.05) is 11.9 Å². The first-order chi connectivity index (χ1) is 27.6. The zero-order valence-corrected chi connectivity index (χ0v) is 32.9. The number of hydrogen-bond donors (Lipinski definition) is 2. The summed E-state index contributed by atoms with van der Waals surface area (Å²) in [5.41, 5.74) is 15.7. The molecule has 0 bridgehead atoms. The Balaban J connectivity index is 1.13. The lowest BCUT2D eigenvalue weighted by molar-refractivity contribution is 0.652. The van der Waals surface area contributed by atoms with E-state index in [9.17, 15) is 0 Å². The predicted molar refractivity (Wildman–Crippen MR) is 236 cm³/mol. The van der Waals surface area contributed by atoms with Crippen molar-refractivity contribution in [1.82, 2.24) is 15.3 Å². The van der Waals surface area contributed by atoms with E-state index in [1.165, 1.54) is 49.9 Å². The normalized spacial score (nSPS) is 14.1. The molecule has 57 heavy (non-hydrogen) atoms. The van der Waals surface area contributed by atoms with E-state index in [0.29, 0.717) is 11.7 Å². The molecule has 0 aliphatic heterocycles. The number of amidine groups is 1. The average molecular weight is 738 g/mol. The SMILES string of the molecule is CNC(=N)c1cc2c(c3ccccc13)-c1cc3c(cc1C2(C)C)-c1ccc(-c2nc(-c4ccccc4)cc(N(c4ccccc4)c4ccccc4)n2)cc1C3(C)C. The van der Waals surface area contributed by atoms with Crippen molar-refractivity contribution in [3.05, 3.63) is 186 Å². The Morgan fingerprint density at radius 1 is 0.526 bits per heavy atom. The number of nitrogens with zero attached hydrogens (tertiary/aromatic N) is 3. The molecule has 10 rings (SSSR count). The van der Waals surface area contributed by atoms with Crippen molar-refractivity contribution < 1.29 is 0 Å². The maximum Gasteiger partial charge on any atom is 0.162 e. The Bertz CT molecular complexity index is 2860. The first-order valence-electron chi connectivity index (χ1n) is 19.7. The molecule has 1 aromatic heterocycles. The minimum atomic E-state index is -0.271. The first kappa shape index (κ1) is 34.6. The maximum absolute atomic E-state index is 8.78. The van der Waals surface area contributed by atoms with Crippen LogP contribution in [0.15, 0.2) is 158 Å². The number of hydrogen-bond acceptors (Lipinski definition) is 4. The monoisotopic (exact) mass is 737 g/mol. The summed E-state index contributed by atoms with van der Waals surface area (Å²) < 4.78 is 0. The topological polar surface area (TPSA) is 64.9 Å². The van der Waals surface area contributed by atoms with Crippen molar-refractivity contribution in [2.24, 2.45) is 0 Å². The van der Waals surface area contributed by atoms with Crippen LogP contribution >= 0.6 is 0 Å². The van der Waals surface area contributed by atoms with Crippen LogP contribution in [0.1, 0.15) is 55.5 Å². The second kappa shape index (κ2) is 12.9. The molecule has 2 aliphatic rings. The molecule has 5 heteroatoms. The van der Waals surface area contributed by atoms with Crippen molar-refractivity contribution in [3.8, 4) is 44.9 Å². The second-order valence-corrected chi connectivity index (χ2v) is 16.3. The fourth-order valence-corrected chi connectivity index (χ4v) is 9.29. The average Bonchev–Trinajstić information content (AvgIpc) is 3.61. The van der Waals surface area contributed by atoms with Gasteiger partial charge in [0.05, 0.1) is 5.69 Å². The van der Waals surface area contributed by atoms with Gasteiger partial charge in [-0.1, -0.05) is 131 Å². The zero-order chi connectivity index (χ0) is 39.1. The number of aromatic nitrogens is 2. The maximum atomic E-state index is 8.78. The lowest BCUT2D eigenvalue weighted by Gasteiger charge is -2.25. The fraction of sp³-hybridized carbons (Fsp3) is 0.135. The largest absolute Gasteiger partial charge is 0.373 e. The smallest absolute Gasteiger partial charge is 0.162 e. The van der Waals surface area contributed by atoms with Crippen molar-refractivity contribution in [1.29, 1.82) is 5.41 Å². The lowest BCUT2D eigenvalue weighted by Crippen LogP contribution is -2.20. The van der Waals surface area contributed by atoms with Gasteiger partial charge in [0.15, 0.2) is 5.82 Å². The summed E-state index contributed by atoms with van der Waals surface area (Å²) >= 11 is 0. The highest BCUT2D eigenvalue weighted by Crippen LogP contribution is 2.58. The van der Waals surface area contributed by atoms with E-state index in [0.717, 1.165) is 45.0 Å². The number of anilines is 3. The molecule has 0 unspecified atom stereocenters. The Morgan fingerprint density at radius 2 is 1.09 bits per heavy atom. The van der Waals surface area contributed by atoms with Gasteiger partial charge in [-0.2, -0.15) is 0 Å². The summed E-state index contributed by atoms with van der Waals surface area (Å²) in [4.78, 5) is 12.8. The molecule has 1 heterocycles. The Labute approximate surface area is 334 Å². The number of rotatable bonds is 6. The van der Waals surface area contributed by atoms with E-state index in [2.05, 4.69) is 177 Å². The van der Waals surface area contributed by atoms with Crippen LogP contribution in [0.4, 0.5) is 17.2 Å². The standard InChI is InChI=1S/C52H43N5/c1-51(2)42-27-33(50-55-46(32-17-9-6-10-18-32)31-47(56-50)57(34-19-11-7-12-20-34)35-21-13-8-14-22-35)25-26-37(42)39-28-44-41(30-43(39)51)48-38-24-16-15-23-36(38)40(49(53)54-5)29-45(48)52(44,3)4/h6-31H,1-5H3,(H2,53,54). The second-order valence-electron chi connectivity index (χ2n) is 16.3. The Morgan fingerprint density at radius 3 is 1.75 bits per heavy atom. The van der Waals surface area contributed by atoms with E-state index >= 15 is 0 Å². The molecule has 7 aromatic carbocycles. The minimum Gasteiger partial charge on any atom is -0.373 e. The van der Waals surface area contributed by atoms with Crippen LogP contribution in [0, 0.1) is 5.41 Å². The quantitative estimate of drug-likeness (QED) is 0.132. The Hall–Kier alpha value is -6.85. The molecule has 0 atom stereocenters. The third-order valence-electron chi connectivity index (χ3n) is 12.3. The predicted octanol–water partition coefficient (Wildman–Crippen LogP) is 12.6. The Kier molecular flexibility index (Phi) is 7.81. The molecule has 5 nitrogen and oxygen atoms in total. The van der Waals surface area contributed by atoms with Gasteiger partial charge in [0.2, 0.25) is 0 Å². The van der Waals surface area contributed by atoms with Gasteiger partial charge in [0.25, 0.3) is 0 Å². The van der Waals surface area contributed by atoms with Gasteiger partial charge in [-0.15, -0.1) is 0 Å². The highest BCUT2D eigenvalue weighted by molar-refractivity contribution is 6.14. The van der Waals surface area contributed by atoms with Crippen LogP contribution in [0.3, 0.4) is 0 Å². The van der Waals surface area contributed by atoms with Crippen LogP contribution in [0.25, 0.3) is 55.7 Å². The molecule has 276 valence electrons. The fourth-order valence-electron chi connectivity index (χ4n) is 9.29. The van der Waals surface area contributed by atoms with Crippen LogP contribution < -0.4 is 10.2 Å². The molecular formula is C52H43N5. The molecule has 0 amide bonds. The summed E-state index contributed by atoms with van der Waals surface area (Å²) in [5, 5.41) is 14.2. The lowest BCUT2D eigenvalue weighted by atomic mass is 9.79. The molecule has 2 N–H and O–H groups in total. The highest BCUT2D eigenvalue weighted by atomic mass is 15.2. The summed E-state index contributed by atoms with van der Waals surface area (Å²) in [7, 11) is 1.83. The zero-order valence-electron chi connectivity index (χ0n) is 32.9. The minimum absolute atomic E-state index is 0.245. The van der Waals surface area contributed by atoms with Gasteiger partial charge in [-0.25, -0.2) is 9.97 Å². The van der Waals surface area contributed by atoms with Crippen LogP contribution in [0.2, 0.25) is 0 Å².